The van der Waals surface area contributed by atoms with E-state index in [9.17, 15) is 0 Å². The predicted molar refractivity (Wildman–Crippen MR) is 61.6 cm³/mol. The van der Waals surface area contributed by atoms with Gasteiger partial charge in [-0.2, -0.15) is 0 Å². The Bertz CT molecular complexity index is 120. The van der Waals surface area contributed by atoms with E-state index in [4.69, 9.17) is 21.1 Å². The van der Waals surface area contributed by atoms with Crippen LogP contribution < -0.4 is 5.73 Å². The highest BCUT2D eigenvalue weighted by molar-refractivity contribution is 4.63. The number of aliphatic hydroxyl groups excluding tert-OH is 2. The third kappa shape index (κ3) is 16.5. The molecule has 0 spiro atoms. The van der Waals surface area contributed by atoms with Crippen LogP contribution in [0.15, 0.2) is 0 Å². The molecule has 0 fully saturated rings. The normalized spacial score (nSPS) is 11.2. The molecule has 0 aromatic carbocycles. The predicted octanol–water partition coefficient (Wildman–Crippen LogP) is -0.991. The number of nitrogens with two attached hydrogens (primary N) is 1. The molecule has 0 heterocycles. The van der Waals surface area contributed by atoms with Gasteiger partial charge in [-0.15, -0.1) is 0 Å². The molecular formula is C10H26N2O3. The van der Waals surface area contributed by atoms with Gasteiger partial charge in [-0.25, -0.2) is 0 Å². The van der Waals surface area contributed by atoms with Crippen molar-refractivity contribution in [1.82, 2.24) is 4.90 Å². The molecule has 0 atom stereocenters. The van der Waals surface area contributed by atoms with Gasteiger partial charge in [-0.3, -0.25) is 4.90 Å². The summed E-state index contributed by atoms with van der Waals surface area (Å²) in [6, 6.07) is 0. The Hall–Kier alpha value is -0.200. The minimum absolute atomic E-state index is 0.174. The maximum Gasteiger partial charge on any atom is 0.0713 e. The molecule has 94 valence electrons. The van der Waals surface area contributed by atoms with Crippen molar-refractivity contribution < 1.29 is 15.3 Å². The topological polar surface area (TPSA) is 90.0 Å². The van der Waals surface area contributed by atoms with E-state index in [1.807, 2.05) is 11.8 Å². The van der Waals surface area contributed by atoms with E-state index >= 15 is 0 Å². The summed E-state index contributed by atoms with van der Waals surface area (Å²) in [5.41, 5.74) is 4.38. The van der Waals surface area contributed by atoms with Crippen LogP contribution in [-0.4, -0.2) is 65.2 Å². The molecule has 5 heteroatoms. The van der Waals surface area contributed by atoms with Crippen molar-refractivity contribution in [3.63, 3.8) is 0 Å². The number of hydrogen-bond acceptors (Lipinski definition) is 5. The highest BCUT2D eigenvalue weighted by Crippen LogP contribution is 1.93. The number of aliphatic hydroxyl groups is 3. The zero-order valence-electron chi connectivity index (χ0n) is 10.1. The Morgan fingerprint density at radius 1 is 1.13 bits per heavy atom. The Labute approximate surface area is 92.5 Å². The largest absolute Gasteiger partial charge is 0.395 e. The molecule has 0 saturated carbocycles. The summed E-state index contributed by atoms with van der Waals surface area (Å²) in [5, 5.41) is 25.6. The molecule has 0 saturated heterocycles. The minimum Gasteiger partial charge on any atom is -0.395 e. The van der Waals surface area contributed by atoms with Crippen molar-refractivity contribution in [2.24, 2.45) is 5.73 Å². The average molecular weight is 222 g/mol. The second-order valence-corrected chi connectivity index (χ2v) is 3.90. The van der Waals surface area contributed by atoms with Crippen molar-refractivity contribution in [1.29, 1.82) is 0 Å². The Morgan fingerprint density at radius 2 is 1.47 bits per heavy atom. The van der Waals surface area contributed by atoms with Crippen LogP contribution in [0.2, 0.25) is 0 Å². The molecule has 0 amide bonds. The molecule has 0 unspecified atom stereocenters. The van der Waals surface area contributed by atoms with Gasteiger partial charge in [-0.1, -0.05) is 6.92 Å². The van der Waals surface area contributed by atoms with Crippen LogP contribution in [0.4, 0.5) is 0 Å². The molecule has 0 aromatic heterocycles. The fraction of sp³-hybridized carbons (Fsp3) is 1.00. The third-order valence-corrected chi connectivity index (χ3v) is 1.78. The molecular weight excluding hydrogens is 196 g/mol. The van der Waals surface area contributed by atoms with Gasteiger partial charge >= 0.3 is 0 Å². The van der Waals surface area contributed by atoms with Crippen LogP contribution >= 0.6 is 0 Å². The SMILES string of the molecule is CC(C)(O)CN.CCN(CCO)CCO. The zero-order chi connectivity index (χ0) is 12.3. The van der Waals surface area contributed by atoms with Crippen molar-refractivity contribution >= 4 is 0 Å². The zero-order valence-corrected chi connectivity index (χ0v) is 10.1. The summed E-state index contributed by atoms with van der Waals surface area (Å²) in [7, 11) is 0. The summed E-state index contributed by atoms with van der Waals surface area (Å²) < 4.78 is 0. The maximum absolute atomic E-state index is 8.70. The first-order valence-electron chi connectivity index (χ1n) is 5.27. The molecule has 0 aromatic rings. The summed E-state index contributed by atoms with van der Waals surface area (Å²) in [6.07, 6.45) is 0. The lowest BCUT2D eigenvalue weighted by atomic mass is 10.1. The second kappa shape index (κ2) is 10.3. The molecule has 15 heavy (non-hydrogen) atoms. The molecule has 0 aliphatic rings. The Morgan fingerprint density at radius 3 is 1.60 bits per heavy atom. The van der Waals surface area contributed by atoms with Gasteiger partial charge < -0.3 is 21.1 Å². The van der Waals surface area contributed by atoms with Gasteiger partial charge in [0, 0.05) is 19.6 Å². The van der Waals surface area contributed by atoms with Crippen LogP contribution in [0.5, 0.6) is 0 Å². The fourth-order valence-electron chi connectivity index (χ4n) is 0.711. The Balaban J connectivity index is 0. The summed E-state index contributed by atoms with van der Waals surface area (Å²) in [6.45, 7) is 8.25. The average Bonchev–Trinajstić information content (AvgIpc) is 2.17. The number of likely N-dealkylation sites (N-methyl/N-ethyl adjacent to an activating group) is 1. The molecule has 5 N–H and O–H groups in total. The molecule has 0 aliphatic carbocycles. The first kappa shape index (κ1) is 17.2. The third-order valence-electron chi connectivity index (χ3n) is 1.78. The molecule has 5 nitrogen and oxygen atoms in total. The van der Waals surface area contributed by atoms with Crippen LogP contribution in [-0.2, 0) is 0 Å². The second-order valence-electron chi connectivity index (χ2n) is 3.90. The van der Waals surface area contributed by atoms with Crippen molar-refractivity contribution in [2.45, 2.75) is 26.4 Å². The fourth-order valence-corrected chi connectivity index (χ4v) is 0.711. The minimum atomic E-state index is -0.681. The van der Waals surface area contributed by atoms with Gasteiger partial charge in [0.15, 0.2) is 0 Å². The molecule has 0 radical (unpaired) electrons. The van der Waals surface area contributed by atoms with E-state index in [-0.39, 0.29) is 13.2 Å². The van der Waals surface area contributed by atoms with Gasteiger partial charge in [-0.05, 0) is 20.4 Å². The lowest BCUT2D eigenvalue weighted by Gasteiger charge is -2.16. The van der Waals surface area contributed by atoms with Crippen LogP contribution in [0.3, 0.4) is 0 Å². The standard InChI is InChI=1S/C6H15NO2.C4H11NO/c1-2-7(3-5-8)4-6-9;1-4(2,6)3-5/h8-9H,2-6H2,1H3;6H,3,5H2,1-2H3. The summed E-state index contributed by atoms with van der Waals surface area (Å²) >= 11 is 0. The lowest BCUT2D eigenvalue weighted by molar-refractivity contribution is 0.0898. The van der Waals surface area contributed by atoms with Gasteiger partial charge in [0.1, 0.15) is 0 Å². The lowest BCUT2D eigenvalue weighted by Crippen LogP contribution is -2.29. The van der Waals surface area contributed by atoms with Crippen LogP contribution in [0.25, 0.3) is 0 Å². The first-order valence-corrected chi connectivity index (χ1v) is 5.27. The van der Waals surface area contributed by atoms with E-state index < -0.39 is 5.60 Å². The van der Waals surface area contributed by atoms with Crippen molar-refractivity contribution in [3.05, 3.63) is 0 Å². The smallest absolute Gasteiger partial charge is 0.0713 e. The number of hydrogen-bond donors (Lipinski definition) is 4. The first-order chi connectivity index (χ1) is 6.91. The quantitative estimate of drug-likeness (QED) is 0.463. The van der Waals surface area contributed by atoms with Crippen molar-refractivity contribution in [3.8, 4) is 0 Å². The molecule has 0 rings (SSSR count). The number of nitrogens with zero attached hydrogens (tertiary/aromatic N) is 1. The van der Waals surface area contributed by atoms with E-state index in [2.05, 4.69) is 0 Å². The summed E-state index contributed by atoms with van der Waals surface area (Å²) in [5.74, 6) is 0. The van der Waals surface area contributed by atoms with E-state index in [1.165, 1.54) is 0 Å². The van der Waals surface area contributed by atoms with E-state index in [0.29, 0.717) is 19.6 Å². The van der Waals surface area contributed by atoms with Crippen LogP contribution in [0.1, 0.15) is 20.8 Å². The van der Waals surface area contributed by atoms with Gasteiger partial charge in [0.25, 0.3) is 0 Å². The maximum atomic E-state index is 8.70. The monoisotopic (exact) mass is 222 g/mol. The van der Waals surface area contributed by atoms with E-state index in [1.54, 1.807) is 13.8 Å². The number of rotatable bonds is 6. The highest BCUT2D eigenvalue weighted by atomic mass is 16.3. The van der Waals surface area contributed by atoms with Crippen molar-refractivity contribution in [2.75, 3.05) is 39.4 Å². The Kier molecular flexibility index (Phi) is 11.8. The van der Waals surface area contributed by atoms with Gasteiger partial charge in [0.2, 0.25) is 0 Å². The van der Waals surface area contributed by atoms with E-state index in [0.717, 1.165) is 6.54 Å². The molecule has 0 aliphatic heterocycles. The summed E-state index contributed by atoms with van der Waals surface area (Å²) in [4.78, 5) is 1.99. The van der Waals surface area contributed by atoms with Crippen LogP contribution in [0, 0.1) is 0 Å². The van der Waals surface area contributed by atoms with Gasteiger partial charge in [0.05, 0.1) is 18.8 Å². The highest BCUT2D eigenvalue weighted by Gasteiger charge is 2.06. The molecule has 0 bridgehead atoms.